The number of rotatable bonds is 4. The molecule has 2 amide bonds. The fraction of sp³-hybridized carbons (Fsp3) is 0.538. The van der Waals surface area contributed by atoms with Gasteiger partial charge in [-0.1, -0.05) is 25.4 Å². The molecule has 2 rings (SSSR count). The standard InChI is InChI=1S/C13H17ClN2O3S2/c1-7(2)11-16(9(6-20-11)12(17)18)13(19)15-5-8-3-4-10(14)21-8/h3-4,7,9,11H,5-6H2,1-2H3,(H,15,19)(H,17,18). The normalized spacial score (nSPS) is 21.8. The number of carboxylic acid groups (broad SMARTS) is 1. The lowest BCUT2D eigenvalue weighted by Gasteiger charge is -2.29. The van der Waals surface area contributed by atoms with E-state index in [2.05, 4.69) is 5.32 Å². The summed E-state index contributed by atoms with van der Waals surface area (Å²) in [7, 11) is 0. The first kappa shape index (κ1) is 16.5. The van der Waals surface area contributed by atoms with Gasteiger partial charge in [0.25, 0.3) is 0 Å². The summed E-state index contributed by atoms with van der Waals surface area (Å²) in [5.41, 5.74) is 0. The fourth-order valence-corrected chi connectivity index (χ4v) is 4.69. The SMILES string of the molecule is CC(C)C1SCC(C(=O)O)N1C(=O)NCc1ccc(Cl)s1. The third kappa shape index (κ3) is 3.84. The zero-order valence-electron chi connectivity index (χ0n) is 11.7. The molecule has 0 saturated carbocycles. The molecule has 1 aliphatic rings. The van der Waals surface area contributed by atoms with Crippen molar-refractivity contribution in [3.05, 3.63) is 21.3 Å². The molecule has 0 spiro atoms. The van der Waals surface area contributed by atoms with Crippen LogP contribution >= 0.6 is 34.7 Å². The summed E-state index contributed by atoms with van der Waals surface area (Å²) < 4.78 is 0.666. The van der Waals surface area contributed by atoms with Gasteiger partial charge in [-0.2, -0.15) is 0 Å². The van der Waals surface area contributed by atoms with Crippen LogP contribution in [0.15, 0.2) is 12.1 Å². The Labute approximate surface area is 136 Å². The van der Waals surface area contributed by atoms with Gasteiger partial charge in [0.05, 0.1) is 16.3 Å². The van der Waals surface area contributed by atoms with Crippen molar-refractivity contribution in [1.82, 2.24) is 10.2 Å². The molecule has 0 bridgehead atoms. The highest BCUT2D eigenvalue weighted by molar-refractivity contribution is 8.00. The number of aliphatic carboxylic acids is 1. The van der Waals surface area contributed by atoms with Crippen LogP contribution in [0.4, 0.5) is 4.79 Å². The maximum Gasteiger partial charge on any atom is 0.327 e. The lowest BCUT2D eigenvalue weighted by atomic mass is 10.2. The van der Waals surface area contributed by atoms with Gasteiger partial charge >= 0.3 is 12.0 Å². The molecule has 1 fully saturated rings. The first-order chi connectivity index (χ1) is 9.90. The van der Waals surface area contributed by atoms with Crippen molar-refractivity contribution in [2.45, 2.75) is 31.8 Å². The fourth-order valence-electron chi connectivity index (χ4n) is 2.19. The Hall–Kier alpha value is -0.920. The van der Waals surface area contributed by atoms with Gasteiger partial charge in [-0.05, 0) is 18.1 Å². The van der Waals surface area contributed by atoms with Crippen LogP contribution in [0.1, 0.15) is 18.7 Å². The Morgan fingerprint density at radius 2 is 2.24 bits per heavy atom. The van der Waals surface area contributed by atoms with Crippen molar-refractivity contribution < 1.29 is 14.7 Å². The van der Waals surface area contributed by atoms with Gasteiger partial charge in [-0.15, -0.1) is 23.1 Å². The van der Waals surface area contributed by atoms with E-state index in [9.17, 15) is 14.7 Å². The molecule has 0 radical (unpaired) electrons. The molecule has 8 heteroatoms. The number of nitrogens with one attached hydrogen (secondary N) is 1. The molecule has 2 N–H and O–H groups in total. The van der Waals surface area contributed by atoms with Crippen LogP contribution in [0.3, 0.4) is 0 Å². The van der Waals surface area contributed by atoms with E-state index >= 15 is 0 Å². The molecule has 0 aliphatic carbocycles. The Kier molecular flexibility index (Phi) is 5.40. The molecule has 2 unspecified atom stereocenters. The van der Waals surface area contributed by atoms with Crippen molar-refractivity contribution in [2.75, 3.05) is 5.75 Å². The highest BCUT2D eigenvalue weighted by Gasteiger charge is 2.42. The van der Waals surface area contributed by atoms with Crippen molar-refractivity contribution in [3.63, 3.8) is 0 Å². The van der Waals surface area contributed by atoms with Crippen LogP contribution in [-0.2, 0) is 11.3 Å². The maximum atomic E-state index is 12.4. The highest BCUT2D eigenvalue weighted by atomic mass is 35.5. The van der Waals surface area contributed by atoms with Gasteiger partial charge in [-0.25, -0.2) is 9.59 Å². The van der Waals surface area contributed by atoms with E-state index in [1.54, 1.807) is 6.07 Å². The number of nitrogens with zero attached hydrogens (tertiary/aromatic N) is 1. The van der Waals surface area contributed by atoms with Crippen LogP contribution in [0, 0.1) is 5.92 Å². The van der Waals surface area contributed by atoms with E-state index < -0.39 is 12.0 Å². The first-order valence-corrected chi connectivity index (χ1v) is 8.79. The van der Waals surface area contributed by atoms with Gasteiger partial charge in [0.1, 0.15) is 6.04 Å². The zero-order chi connectivity index (χ0) is 15.6. The largest absolute Gasteiger partial charge is 0.480 e. The van der Waals surface area contributed by atoms with E-state index in [-0.39, 0.29) is 17.3 Å². The lowest BCUT2D eigenvalue weighted by Crippen LogP contribution is -2.51. The van der Waals surface area contributed by atoms with Crippen LogP contribution in [0.25, 0.3) is 0 Å². The second-order valence-electron chi connectivity index (χ2n) is 5.09. The topological polar surface area (TPSA) is 69.6 Å². The van der Waals surface area contributed by atoms with Gasteiger partial charge in [-0.3, -0.25) is 4.90 Å². The molecule has 1 saturated heterocycles. The summed E-state index contributed by atoms with van der Waals surface area (Å²) in [6.45, 7) is 4.33. The summed E-state index contributed by atoms with van der Waals surface area (Å²) in [4.78, 5) is 26.1. The predicted molar refractivity (Wildman–Crippen MR) is 85.9 cm³/mol. The number of thioether (sulfide) groups is 1. The Morgan fingerprint density at radius 3 is 2.76 bits per heavy atom. The molecule has 2 atom stereocenters. The minimum atomic E-state index is -0.958. The van der Waals surface area contributed by atoms with Crippen LogP contribution in [0.2, 0.25) is 4.34 Å². The third-order valence-corrected chi connectivity index (χ3v) is 6.02. The Bertz CT molecular complexity index is 535. The van der Waals surface area contributed by atoms with Gasteiger partial charge in [0, 0.05) is 10.6 Å². The molecule has 2 heterocycles. The number of urea groups is 1. The quantitative estimate of drug-likeness (QED) is 0.877. The lowest BCUT2D eigenvalue weighted by molar-refractivity contribution is -0.141. The molecular formula is C13H17ClN2O3S2. The highest BCUT2D eigenvalue weighted by Crippen LogP contribution is 2.34. The Balaban J connectivity index is 2.04. The van der Waals surface area contributed by atoms with Crippen molar-refractivity contribution in [1.29, 1.82) is 0 Å². The number of carbonyl (C=O) groups is 2. The predicted octanol–water partition coefficient (Wildman–Crippen LogP) is 3.10. The molecule has 0 aromatic carbocycles. The summed E-state index contributed by atoms with van der Waals surface area (Å²) in [6, 6.07) is 2.52. The number of hydrogen-bond acceptors (Lipinski definition) is 4. The molecule has 5 nitrogen and oxygen atoms in total. The molecular weight excluding hydrogens is 332 g/mol. The minimum Gasteiger partial charge on any atom is -0.480 e. The second kappa shape index (κ2) is 6.89. The molecule has 1 aromatic heterocycles. The number of carboxylic acids is 1. The average Bonchev–Trinajstić information content (AvgIpc) is 3.01. The number of halogens is 1. The average molecular weight is 349 g/mol. The molecule has 116 valence electrons. The number of amides is 2. The molecule has 21 heavy (non-hydrogen) atoms. The zero-order valence-corrected chi connectivity index (χ0v) is 14.1. The first-order valence-electron chi connectivity index (χ1n) is 6.55. The monoisotopic (exact) mass is 348 g/mol. The van der Waals surface area contributed by atoms with Crippen LogP contribution in [0.5, 0.6) is 0 Å². The summed E-state index contributed by atoms with van der Waals surface area (Å²) >= 11 is 8.76. The number of hydrogen-bond donors (Lipinski definition) is 2. The molecule has 1 aromatic rings. The van der Waals surface area contributed by atoms with E-state index in [0.717, 1.165) is 4.88 Å². The summed E-state index contributed by atoms with van der Waals surface area (Å²) in [6.07, 6.45) is 0. The maximum absolute atomic E-state index is 12.4. The molecule has 1 aliphatic heterocycles. The van der Waals surface area contributed by atoms with Crippen molar-refractivity contribution >= 4 is 46.7 Å². The Morgan fingerprint density at radius 1 is 1.52 bits per heavy atom. The minimum absolute atomic E-state index is 0.113. The van der Waals surface area contributed by atoms with Gasteiger partial charge < -0.3 is 10.4 Å². The second-order valence-corrected chi connectivity index (χ2v) is 8.04. The van der Waals surface area contributed by atoms with E-state index in [1.165, 1.54) is 28.0 Å². The summed E-state index contributed by atoms with van der Waals surface area (Å²) in [5, 5.41) is 11.9. The van der Waals surface area contributed by atoms with E-state index in [4.69, 9.17) is 11.6 Å². The van der Waals surface area contributed by atoms with Crippen molar-refractivity contribution in [3.8, 4) is 0 Å². The van der Waals surface area contributed by atoms with Gasteiger partial charge in [0.2, 0.25) is 0 Å². The van der Waals surface area contributed by atoms with Crippen LogP contribution in [-0.4, -0.2) is 39.2 Å². The summed E-state index contributed by atoms with van der Waals surface area (Å²) in [5.74, 6) is -0.336. The van der Waals surface area contributed by atoms with Crippen molar-refractivity contribution in [2.24, 2.45) is 5.92 Å². The van der Waals surface area contributed by atoms with Crippen LogP contribution < -0.4 is 5.32 Å². The smallest absolute Gasteiger partial charge is 0.327 e. The van der Waals surface area contributed by atoms with E-state index in [0.29, 0.717) is 16.6 Å². The number of carbonyl (C=O) groups excluding carboxylic acids is 1. The van der Waals surface area contributed by atoms with Gasteiger partial charge in [0.15, 0.2) is 0 Å². The third-order valence-electron chi connectivity index (χ3n) is 3.17. The number of thiophene rings is 1. The van der Waals surface area contributed by atoms with E-state index in [1.807, 2.05) is 19.9 Å².